The van der Waals surface area contributed by atoms with Crippen LogP contribution in [0.1, 0.15) is 6.42 Å². The van der Waals surface area contributed by atoms with Gasteiger partial charge in [-0.2, -0.15) is 0 Å². The minimum Gasteiger partial charge on any atom is -0.293 e. The van der Waals surface area contributed by atoms with E-state index >= 15 is 0 Å². The maximum atomic E-state index is 11.3. The molecule has 0 spiro atoms. The first-order chi connectivity index (χ1) is 5.11. The van der Waals surface area contributed by atoms with Crippen molar-refractivity contribution in [2.75, 3.05) is 0 Å². The molecule has 0 atom stereocenters. The summed E-state index contributed by atoms with van der Waals surface area (Å²) in [5.74, 6) is -0.785. The number of ketones is 1. The fourth-order valence-corrected chi connectivity index (χ4v) is 3.05. The summed E-state index contributed by atoms with van der Waals surface area (Å²) < 4.78 is -5.29. The summed E-state index contributed by atoms with van der Waals surface area (Å²) in [5, 5.41) is 0. The molecule has 0 amide bonds. The Kier molecular flexibility index (Phi) is 2.82. The molecule has 12 heavy (non-hydrogen) atoms. The van der Waals surface area contributed by atoms with E-state index in [0.29, 0.717) is 0 Å². The van der Waals surface area contributed by atoms with Gasteiger partial charge in [0, 0.05) is 6.42 Å². The molecule has 0 aliphatic heterocycles. The summed E-state index contributed by atoms with van der Waals surface area (Å²) in [4.78, 5) is 11.3. The highest BCUT2D eigenvalue weighted by molar-refractivity contribution is 6.77. The molecule has 1 rings (SSSR count). The van der Waals surface area contributed by atoms with Crippen LogP contribution in [-0.4, -0.2) is 18.8 Å². The smallest absolute Gasteiger partial charge is 0.211 e. The van der Waals surface area contributed by atoms with Gasteiger partial charge in [0.1, 0.15) is 0 Å². The zero-order valence-corrected chi connectivity index (χ0v) is 9.92. The first-order valence-electron chi connectivity index (χ1n) is 2.80. The Morgan fingerprint density at radius 3 is 1.50 bits per heavy atom. The predicted molar refractivity (Wildman–Crippen MR) is 52.9 cm³/mol. The lowest BCUT2D eigenvalue weighted by molar-refractivity contribution is -0.118. The number of halogens is 6. The molecule has 0 aromatic heterocycles. The van der Waals surface area contributed by atoms with Crippen molar-refractivity contribution in [2.45, 2.75) is 19.4 Å². The van der Waals surface area contributed by atoms with E-state index in [1.54, 1.807) is 0 Å². The fourth-order valence-electron chi connectivity index (χ4n) is 0.866. The van der Waals surface area contributed by atoms with Gasteiger partial charge in [-0.15, -0.1) is 0 Å². The van der Waals surface area contributed by atoms with E-state index in [0.717, 1.165) is 0 Å². The summed E-state index contributed by atoms with van der Waals surface area (Å²) in [6.07, 6.45) is -0.196. The lowest BCUT2D eigenvalue weighted by Crippen LogP contribution is -2.37. The highest BCUT2D eigenvalue weighted by atomic mass is 35.5. The molecule has 0 aromatic rings. The number of carbonyl (C=O) groups excluding carboxylic acids is 1. The predicted octanol–water partition coefficient (Wildman–Crippen LogP) is 3.48. The van der Waals surface area contributed by atoms with E-state index < -0.39 is 18.8 Å². The number of rotatable bonds is 0. The van der Waals surface area contributed by atoms with Crippen LogP contribution in [0.3, 0.4) is 0 Å². The second-order valence-corrected chi connectivity index (χ2v) is 6.78. The maximum Gasteiger partial charge on any atom is 0.211 e. The Morgan fingerprint density at radius 1 is 1.00 bits per heavy atom. The van der Waals surface area contributed by atoms with Crippen molar-refractivity contribution in [2.24, 2.45) is 0 Å². The average Bonchev–Trinajstić information content (AvgIpc) is 1.90. The number of alkyl halides is 6. The molecule has 0 aromatic carbocycles. The summed E-state index contributed by atoms with van der Waals surface area (Å²) >= 11 is 33.6. The molecule has 1 fully saturated rings. The lowest BCUT2D eigenvalue weighted by Gasteiger charge is -2.21. The molecule has 70 valence electrons. The zero-order valence-electron chi connectivity index (χ0n) is 5.38. The molecule has 1 aliphatic carbocycles. The number of carbonyl (C=O) groups is 1. The zero-order chi connectivity index (χ0) is 9.78. The number of hydrogen-bond acceptors (Lipinski definition) is 1. The van der Waals surface area contributed by atoms with Crippen LogP contribution in [-0.2, 0) is 4.79 Å². The van der Waals surface area contributed by atoms with Crippen molar-refractivity contribution >= 4 is 75.4 Å². The highest BCUT2D eigenvalue weighted by Gasteiger charge is 2.68. The van der Waals surface area contributed by atoms with Crippen LogP contribution in [0.25, 0.3) is 0 Å². The molecule has 7 heteroatoms. The summed E-state index contributed by atoms with van der Waals surface area (Å²) in [6, 6.07) is 0. The Balaban J connectivity index is 3.14. The fraction of sp³-hybridized carbons (Fsp3) is 0.800. The van der Waals surface area contributed by atoms with E-state index in [9.17, 15) is 4.79 Å². The van der Waals surface area contributed by atoms with Gasteiger partial charge in [-0.3, -0.25) is 4.79 Å². The van der Waals surface area contributed by atoms with Crippen LogP contribution in [0.5, 0.6) is 0 Å². The maximum absolute atomic E-state index is 11.3. The van der Waals surface area contributed by atoms with E-state index in [2.05, 4.69) is 0 Å². The molecule has 0 saturated heterocycles. The second-order valence-electron chi connectivity index (χ2n) is 2.49. The Bertz CT molecular complexity index is 232. The van der Waals surface area contributed by atoms with Crippen molar-refractivity contribution in [1.82, 2.24) is 0 Å². The largest absolute Gasteiger partial charge is 0.293 e. The molecular weight excluding hydrogens is 289 g/mol. The number of hydrogen-bond donors (Lipinski definition) is 0. The first kappa shape index (κ1) is 11.5. The van der Waals surface area contributed by atoms with Gasteiger partial charge in [-0.25, -0.2) is 0 Å². The van der Waals surface area contributed by atoms with Gasteiger partial charge >= 0.3 is 0 Å². The SMILES string of the molecule is O=C1C(Cl)(Cl)CC(Cl)(Cl)C1(Cl)Cl. The van der Waals surface area contributed by atoms with Gasteiger partial charge in [0.2, 0.25) is 10.1 Å². The summed E-state index contributed by atoms with van der Waals surface area (Å²) in [6.45, 7) is 0. The molecule has 0 heterocycles. The van der Waals surface area contributed by atoms with Crippen molar-refractivity contribution in [3.05, 3.63) is 0 Å². The molecule has 1 saturated carbocycles. The monoisotopic (exact) mass is 288 g/mol. The van der Waals surface area contributed by atoms with Crippen molar-refractivity contribution < 1.29 is 4.79 Å². The van der Waals surface area contributed by atoms with Crippen LogP contribution in [0, 0.1) is 0 Å². The van der Waals surface area contributed by atoms with Gasteiger partial charge in [0.15, 0.2) is 8.67 Å². The van der Waals surface area contributed by atoms with Gasteiger partial charge < -0.3 is 0 Å². The standard InChI is InChI=1S/C5H2Cl6O/c6-3(7)1-4(8,9)5(10,11)2(3)12/h1H2. The van der Waals surface area contributed by atoms with Crippen LogP contribution < -0.4 is 0 Å². The Labute approximate surface area is 99.2 Å². The Morgan fingerprint density at radius 2 is 1.42 bits per heavy atom. The summed E-state index contributed by atoms with van der Waals surface area (Å²) in [7, 11) is 0. The van der Waals surface area contributed by atoms with Gasteiger partial charge in [0.05, 0.1) is 0 Å². The topological polar surface area (TPSA) is 17.1 Å². The van der Waals surface area contributed by atoms with Gasteiger partial charge in [-0.1, -0.05) is 69.6 Å². The van der Waals surface area contributed by atoms with Crippen LogP contribution in [0.15, 0.2) is 0 Å². The average molecular weight is 291 g/mol. The van der Waals surface area contributed by atoms with E-state index in [1.165, 1.54) is 0 Å². The van der Waals surface area contributed by atoms with Crippen molar-refractivity contribution in [3.63, 3.8) is 0 Å². The Hall–Kier alpha value is 1.41. The lowest BCUT2D eigenvalue weighted by atomic mass is 10.3. The molecule has 0 radical (unpaired) electrons. The number of Topliss-reactive ketones (excluding diaryl/α,β-unsaturated/α-hetero) is 1. The molecule has 0 bridgehead atoms. The van der Waals surface area contributed by atoms with Gasteiger partial charge in [0.25, 0.3) is 0 Å². The van der Waals surface area contributed by atoms with Gasteiger partial charge in [-0.05, 0) is 0 Å². The van der Waals surface area contributed by atoms with E-state index in [-0.39, 0.29) is 6.42 Å². The quantitative estimate of drug-likeness (QED) is 0.624. The molecule has 0 unspecified atom stereocenters. The molecular formula is C5H2Cl6O. The van der Waals surface area contributed by atoms with Crippen LogP contribution >= 0.6 is 69.6 Å². The molecule has 1 aliphatic rings. The third-order valence-electron chi connectivity index (χ3n) is 1.52. The van der Waals surface area contributed by atoms with Crippen molar-refractivity contribution in [1.29, 1.82) is 0 Å². The van der Waals surface area contributed by atoms with Crippen LogP contribution in [0.2, 0.25) is 0 Å². The third-order valence-corrected chi connectivity index (χ3v) is 4.34. The molecule has 1 nitrogen and oxygen atoms in total. The van der Waals surface area contributed by atoms with E-state index in [1.807, 2.05) is 0 Å². The van der Waals surface area contributed by atoms with Crippen molar-refractivity contribution in [3.8, 4) is 0 Å². The minimum atomic E-state index is -1.94. The molecule has 0 N–H and O–H groups in total. The first-order valence-corrected chi connectivity index (χ1v) is 5.06. The third kappa shape index (κ3) is 1.53. The second kappa shape index (κ2) is 2.95. The normalized spacial score (nSPS) is 30.7. The van der Waals surface area contributed by atoms with E-state index in [4.69, 9.17) is 69.6 Å². The minimum absolute atomic E-state index is 0.196. The van der Waals surface area contributed by atoms with Crippen LogP contribution in [0.4, 0.5) is 0 Å². The highest BCUT2D eigenvalue weighted by Crippen LogP contribution is 2.58. The summed E-state index contributed by atoms with van der Waals surface area (Å²) in [5.41, 5.74) is 0.